The van der Waals surface area contributed by atoms with Crippen molar-refractivity contribution in [1.82, 2.24) is 10.3 Å². The number of nitrogens with zero attached hydrogens (tertiary/aromatic N) is 1. The normalized spacial score (nSPS) is 10.4. The van der Waals surface area contributed by atoms with Crippen LogP contribution >= 0.6 is 11.6 Å². The Hall–Kier alpha value is -2.86. The molecule has 122 valence electrons. The van der Waals surface area contributed by atoms with E-state index in [1.807, 2.05) is 0 Å². The Morgan fingerprint density at radius 3 is 2.71 bits per heavy atom. The van der Waals surface area contributed by atoms with E-state index in [-0.39, 0.29) is 16.6 Å². The molecule has 2 aromatic heterocycles. The van der Waals surface area contributed by atoms with Gasteiger partial charge in [0.05, 0.1) is 29.7 Å². The van der Waals surface area contributed by atoms with Crippen LogP contribution in [0.2, 0.25) is 5.02 Å². The van der Waals surface area contributed by atoms with Gasteiger partial charge in [-0.3, -0.25) is 4.79 Å². The summed E-state index contributed by atoms with van der Waals surface area (Å²) in [5.41, 5.74) is 1.56. The van der Waals surface area contributed by atoms with Crippen LogP contribution in [0, 0.1) is 5.82 Å². The van der Waals surface area contributed by atoms with Crippen LogP contribution in [0.3, 0.4) is 0 Å². The maximum absolute atomic E-state index is 13.1. The highest BCUT2D eigenvalue weighted by molar-refractivity contribution is 6.31. The maximum atomic E-state index is 13.1. The average molecular weight is 346 g/mol. The summed E-state index contributed by atoms with van der Waals surface area (Å²) < 4.78 is 18.3. The van der Waals surface area contributed by atoms with Gasteiger partial charge in [-0.25, -0.2) is 9.37 Å². The molecule has 0 aliphatic rings. The van der Waals surface area contributed by atoms with Crippen molar-refractivity contribution in [3.8, 4) is 0 Å². The number of furan rings is 1. The number of hydrogen-bond donors (Lipinski definition) is 2. The van der Waals surface area contributed by atoms with Gasteiger partial charge >= 0.3 is 0 Å². The molecular weight excluding hydrogens is 333 g/mol. The van der Waals surface area contributed by atoms with Crippen LogP contribution < -0.4 is 10.6 Å². The predicted octanol–water partition coefficient (Wildman–Crippen LogP) is 4.14. The summed E-state index contributed by atoms with van der Waals surface area (Å²) in [5, 5.41) is 5.77. The van der Waals surface area contributed by atoms with E-state index >= 15 is 0 Å². The van der Waals surface area contributed by atoms with Crippen molar-refractivity contribution in [3.63, 3.8) is 0 Å². The number of nitrogens with one attached hydrogen (secondary N) is 2. The van der Waals surface area contributed by atoms with Crippen LogP contribution in [0.25, 0.3) is 0 Å². The second kappa shape index (κ2) is 7.14. The Kier molecular flexibility index (Phi) is 4.77. The largest absolute Gasteiger partial charge is 0.467 e. The fourth-order valence-electron chi connectivity index (χ4n) is 2.01. The summed E-state index contributed by atoms with van der Waals surface area (Å²) in [6, 6.07) is 11.1. The summed E-state index contributed by atoms with van der Waals surface area (Å²) in [7, 11) is 0. The van der Waals surface area contributed by atoms with E-state index < -0.39 is 5.82 Å². The smallest absolute Gasteiger partial charge is 0.270 e. The van der Waals surface area contributed by atoms with Crippen molar-refractivity contribution < 1.29 is 13.6 Å². The van der Waals surface area contributed by atoms with Crippen molar-refractivity contribution in [3.05, 3.63) is 77.2 Å². The Morgan fingerprint density at radius 2 is 2.04 bits per heavy atom. The van der Waals surface area contributed by atoms with Crippen molar-refractivity contribution in [1.29, 1.82) is 0 Å². The summed E-state index contributed by atoms with van der Waals surface area (Å²) in [5.74, 6) is -0.124. The third-order valence-corrected chi connectivity index (χ3v) is 3.50. The zero-order valence-corrected chi connectivity index (χ0v) is 13.2. The standard InChI is InChI=1S/C17H13ClFN3O2/c18-14-8-11(3-5-15(14)19)22-12-4-6-16(20-9-12)17(23)21-10-13-2-1-7-24-13/h1-9,22H,10H2,(H,21,23). The van der Waals surface area contributed by atoms with Gasteiger partial charge in [0.2, 0.25) is 0 Å². The molecule has 1 aromatic carbocycles. The van der Waals surface area contributed by atoms with Gasteiger partial charge < -0.3 is 15.1 Å². The van der Waals surface area contributed by atoms with E-state index in [0.717, 1.165) is 0 Å². The van der Waals surface area contributed by atoms with Gasteiger partial charge in [-0.15, -0.1) is 0 Å². The minimum atomic E-state index is -0.482. The van der Waals surface area contributed by atoms with Crippen molar-refractivity contribution in [2.75, 3.05) is 5.32 Å². The number of pyridine rings is 1. The highest BCUT2D eigenvalue weighted by Crippen LogP contribution is 2.22. The summed E-state index contributed by atoms with van der Waals surface area (Å²) in [6.07, 6.45) is 3.06. The van der Waals surface area contributed by atoms with Crippen LogP contribution in [-0.2, 0) is 6.54 Å². The van der Waals surface area contributed by atoms with Gasteiger partial charge in [0.1, 0.15) is 17.3 Å². The minimum Gasteiger partial charge on any atom is -0.467 e. The first-order valence-corrected chi connectivity index (χ1v) is 7.48. The molecule has 1 amide bonds. The van der Waals surface area contributed by atoms with Gasteiger partial charge in [-0.1, -0.05) is 11.6 Å². The molecule has 3 rings (SSSR count). The van der Waals surface area contributed by atoms with Crippen molar-refractivity contribution in [2.45, 2.75) is 6.54 Å². The van der Waals surface area contributed by atoms with E-state index in [1.54, 1.807) is 36.6 Å². The Bertz CT molecular complexity index is 836. The molecule has 0 bridgehead atoms. The first-order valence-electron chi connectivity index (χ1n) is 7.10. The molecule has 3 aromatic rings. The minimum absolute atomic E-state index is 0.0295. The molecule has 7 heteroatoms. The van der Waals surface area contributed by atoms with Crippen molar-refractivity contribution >= 4 is 28.9 Å². The lowest BCUT2D eigenvalue weighted by molar-refractivity contribution is 0.0943. The zero-order valence-electron chi connectivity index (χ0n) is 12.4. The number of anilines is 2. The third kappa shape index (κ3) is 3.91. The van der Waals surface area contributed by atoms with Crippen LogP contribution in [0.5, 0.6) is 0 Å². The predicted molar refractivity (Wildman–Crippen MR) is 88.8 cm³/mol. The second-order valence-corrected chi connectivity index (χ2v) is 5.36. The molecule has 0 saturated carbocycles. The van der Waals surface area contributed by atoms with E-state index in [2.05, 4.69) is 15.6 Å². The van der Waals surface area contributed by atoms with Gasteiger partial charge in [0, 0.05) is 5.69 Å². The fourth-order valence-corrected chi connectivity index (χ4v) is 2.19. The summed E-state index contributed by atoms with van der Waals surface area (Å²) in [4.78, 5) is 16.1. The van der Waals surface area contributed by atoms with Crippen molar-refractivity contribution in [2.24, 2.45) is 0 Å². The molecule has 2 N–H and O–H groups in total. The lowest BCUT2D eigenvalue weighted by Gasteiger charge is -2.08. The van der Waals surface area contributed by atoms with Crippen LogP contribution in [0.1, 0.15) is 16.2 Å². The average Bonchev–Trinajstić information content (AvgIpc) is 3.10. The lowest BCUT2D eigenvalue weighted by Crippen LogP contribution is -2.23. The topological polar surface area (TPSA) is 67.2 Å². The molecule has 0 radical (unpaired) electrons. The number of halogens is 2. The van der Waals surface area contributed by atoms with Crippen LogP contribution in [-0.4, -0.2) is 10.9 Å². The first-order chi connectivity index (χ1) is 11.6. The van der Waals surface area contributed by atoms with Crippen LogP contribution in [0.15, 0.2) is 59.3 Å². The Balaban J connectivity index is 1.62. The molecular formula is C17H13ClFN3O2. The van der Waals surface area contributed by atoms with Gasteiger partial charge in [-0.05, 0) is 42.5 Å². The molecule has 0 aliphatic carbocycles. The van der Waals surface area contributed by atoms with E-state index in [4.69, 9.17) is 16.0 Å². The number of benzene rings is 1. The van der Waals surface area contributed by atoms with E-state index in [1.165, 1.54) is 18.3 Å². The summed E-state index contributed by atoms with van der Waals surface area (Å²) in [6.45, 7) is 0.293. The summed E-state index contributed by atoms with van der Waals surface area (Å²) >= 11 is 5.73. The number of hydrogen-bond acceptors (Lipinski definition) is 4. The molecule has 24 heavy (non-hydrogen) atoms. The number of aromatic nitrogens is 1. The van der Waals surface area contributed by atoms with E-state index in [9.17, 15) is 9.18 Å². The Labute approximate surface area is 142 Å². The van der Waals surface area contributed by atoms with Gasteiger partial charge in [0.25, 0.3) is 5.91 Å². The van der Waals surface area contributed by atoms with Gasteiger partial charge in [0.15, 0.2) is 0 Å². The second-order valence-electron chi connectivity index (χ2n) is 4.95. The van der Waals surface area contributed by atoms with Crippen LogP contribution in [0.4, 0.5) is 15.8 Å². The zero-order chi connectivity index (χ0) is 16.9. The quantitative estimate of drug-likeness (QED) is 0.729. The third-order valence-electron chi connectivity index (χ3n) is 3.21. The SMILES string of the molecule is O=C(NCc1ccco1)c1ccc(Nc2ccc(F)c(Cl)c2)cn1. The maximum Gasteiger partial charge on any atom is 0.270 e. The molecule has 0 fully saturated rings. The highest BCUT2D eigenvalue weighted by atomic mass is 35.5. The Morgan fingerprint density at radius 1 is 1.21 bits per heavy atom. The molecule has 0 unspecified atom stereocenters. The highest BCUT2D eigenvalue weighted by Gasteiger charge is 2.08. The molecule has 0 aliphatic heterocycles. The number of rotatable bonds is 5. The number of carbonyl (C=O) groups excluding carboxylic acids is 1. The molecule has 0 saturated heterocycles. The monoisotopic (exact) mass is 345 g/mol. The fraction of sp³-hybridized carbons (Fsp3) is 0.0588. The molecule has 0 atom stereocenters. The number of carbonyl (C=O) groups is 1. The first kappa shape index (κ1) is 16.0. The van der Waals surface area contributed by atoms with Gasteiger partial charge in [-0.2, -0.15) is 0 Å². The van der Waals surface area contributed by atoms with E-state index in [0.29, 0.717) is 23.7 Å². The number of amides is 1. The lowest BCUT2D eigenvalue weighted by atomic mass is 10.2. The molecule has 2 heterocycles. The molecule has 5 nitrogen and oxygen atoms in total. The molecule has 0 spiro atoms.